The molecule has 1 atom stereocenters. The molecule has 0 aromatic rings. The minimum absolute atomic E-state index is 0.735. The Morgan fingerprint density at radius 1 is 1.21 bits per heavy atom. The van der Waals surface area contributed by atoms with Crippen LogP contribution in [0.1, 0.15) is 52.4 Å². The largest absolute Gasteiger partial charge is 0.314 e. The summed E-state index contributed by atoms with van der Waals surface area (Å²) in [6.45, 7) is 9.60. The first-order valence-electron chi connectivity index (χ1n) is 8.29. The summed E-state index contributed by atoms with van der Waals surface area (Å²) in [7, 11) is 4.43. The molecule has 1 unspecified atom stereocenters. The van der Waals surface area contributed by atoms with E-state index < -0.39 is 0 Å². The van der Waals surface area contributed by atoms with Gasteiger partial charge in [0.15, 0.2) is 0 Å². The molecule has 0 bridgehead atoms. The van der Waals surface area contributed by atoms with Gasteiger partial charge in [0.1, 0.15) is 0 Å². The molecule has 0 aromatic heterocycles. The minimum atomic E-state index is 0.735. The lowest BCUT2D eigenvalue weighted by atomic mass is 10.0. The van der Waals surface area contributed by atoms with Crippen LogP contribution in [0.3, 0.4) is 0 Å². The van der Waals surface area contributed by atoms with E-state index in [0.717, 1.165) is 12.1 Å². The highest BCUT2D eigenvalue weighted by Gasteiger charge is 2.20. The summed E-state index contributed by atoms with van der Waals surface area (Å²) in [5.41, 5.74) is 0. The second-order valence-corrected chi connectivity index (χ2v) is 6.24. The van der Waals surface area contributed by atoms with Crippen LogP contribution >= 0.6 is 0 Å². The summed E-state index contributed by atoms with van der Waals surface area (Å²) in [5, 5.41) is 3.65. The summed E-state index contributed by atoms with van der Waals surface area (Å²) in [4.78, 5) is 5.05. The van der Waals surface area contributed by atoms with E-state index >= 15 is 0 Å². The molecular weight excluding hydrogens is 234 g/mol. The summed E-state index contributed by atoms with van der Waals surface area (Å²) < 4.78 is 0. The molecule has 1 aliphatic rings. The molecule has 1 N–H and O–H groups in total. The van der Waals surface area contributed by atoms with E-state index in [1.165, 1.54) is 64.7 Å². The van der Waals surface area contributed by atoms with Crippen molar-refractivity contribution in [1.82, 2.24) is 15.1 Å². The zero-order valence-corrected chi connectivity index (χ0v) is 13.6. The Balaban J connectivity index is 2.09. The Kier molecular flexibility index (Phi) is 8.67. The molecule has 0 spiro atoms. The molecular formula is C16H35N3. The molecule has 1 aliphatic heterocycles. The van der Waals surface area contributed by atoms with Crippen LogP contribution in [-0.2, 0) is 0 Å². The predicted octanol–water partition coefficient (Wildman–Crippen LogP) is 2.57. The fraction of sp³-hybridized carbons (Fsp3) is 1.00. The Morgan fingerprint density at radius 3 is 2.42 bits per heavy atom. The molecule has 1 saturated heterocycles. The normalized spacial score (nSPS) is 20.1. The lowest BCUT2D eigenvalue weighted by Crippen LogP contribution is -2.42. The highest BCUT2D eigenvalue weighted by atomic mass is 15.2. The first kappa shape index (κ1) is 16.9. The Hall–Kier alpha value is -0.120. The molecule has 1 heterocycles. The monoisotopic (exact) mass is 269 g/mol. The van der Waals surface area contributed by atoms with Gasteiger partial charge in [-0.1, -0.05) is 13.8 Å². The van der Waals surface area contributed by atoms with Crippen LogP contribution in [0.4, 0.5) is 0 Å². The third-order valence-electron chi connectivity index (χ3n) is 4.49. The van der Waals surface area contributed by atoms with Gasteiger partial charge < -0.3 is 15.1 Å². The van der Waals surface area contributed by atoms with Crippen molar-refractivity contribution in [3.8, 4) is 0 Å². The van der Waals surface area contributed by atoms with Crippen LogP contribution in [0, 0.1) is 0 Å². The van der Waals surface area contributed by atoms with Crippen LogP contribution in [0.25, 0.3) is 0 Å². The van der Waals surface area contributed by atoms with Crippen LogP contribution < -0.4 is 5.32 Å². The van der Waals surface area contributed by atoms with Crippen molar-refractivity contribution in [2.45, 2.75) is 64.5 Å². The quantitative estimate of drug-likeness (QED) is 0.694. The number of rotatable bonds is 9. The van der Waals surface area contributed by atoms with E-state index in [1.54, 1.807) is 0 Å². The minimum Gasteiger partial charge on any atom is -0.314 e. The van der Waals surface area contributed by atoms with Crippen LogP contribution in [0.15, 0.2) is 0 Å². The maximum Gasteiger partial charge on any atom is 0.0113 e. The average molecular weight is 269 g/mol. The molecule has 0 aromatic carbocycles. The summed E-state index contributed by atoms with van der Waals surface area (Å²) in [5.74, 6) is 0. The zero-order valence-electron chi connectivity index (χ0n) is 13.6. The van der Waals surface area contributed by atoms with Gasteiger partial charge in [-0.2, -0.15) is 0 Å². The molecule has 19 heavy (non-hydrogen) atoms. The highest BCUT2D eigenvalue weighted by molar-refractivity contribution is 4.77. The second-order valence-electron chi connectivity index (χ2n) is 6.24. The lowest BCUT2D eigenvalue weighted by Gasteiger charge is -2.35. The lowest BCUT2D eigenvalue weighted by molar-refractivity contribution is 0.142. The second kappa shape index (κ2) is 9.73. The van der Waals surface area contributed by atoms with Crippen LogP contribution in [0.5, 0.6) is 0 Å². The van der Waals surface area contributed by atoms with Gasteiger partial charge in [-0.3, -0.25) is 0 Å². The summed E-state index contributed by atoms with van der Waals surface area (Å²) >= 11 is 0. The van der Waals surface area contributed by atoms with E-state index in [9.17, 15) is 0 Å². The number of piperidine rings is 1. The summed E-state index contributed by atoms with van der Waals surface area (Å²) in [6.07, 6.45) is 7.89. The third kappa shape index (κ3) is 6.73. The fourth-order valence-electron chi connectivity index (χ4n) is 3.02. The first-order valence-corrected chi connectivity index (χ1v) is 8.29. The van der Waals surface area contributed by atoms with Gasteiger partial charge in [0, 0.05) is 12.1 Å². The number of nitrogens with one attached hydrogen (secondary N) is 1. The zero-order chi connectivity index (χ0) is 14.1. The highest BCUT2D eigenvalue weighted by Crippen LogP contribution is 2.15. The van der Waals surface area contributed by atoms with Gasteiger partial charge in [-0.15, -0.1) is 0 Å². The van der Waals surface area contributed by atoms with E-state index in [0.29, 0.717) is 0 Å². The third-order valence-corrected chi connectivity index (χ3v) is 4.49. The number of hydrogen-bond donors (Lipinski definition) is 1. The average Bonchev–Trinajstić information content (AvgIpc) is 2.43. The Morgan fingerprint density at radius 2 is 1.89 bits per heavy atom. The van der Waals surface area contributed by atoms with E-state index in [1.807, 2.05) is 0 Å². The molecule has 3 heteroatoms. The molecule has 1 rings (SSSR count). The summed E-state index contributed by atoms with van der Waals surface area (Å²) in [6, 6.07) is 1.55. The topological polar surface area (TPSA) is 18.5 Å². The Labute approximate surface area is 120 Å². The number of likely N-dealkylation sites (tertiary alicyclic amines) is 1. The van der Waals surface area contributed by atoms with E-state index in [-0.39, 0.29) is 0 Å². The van der Waals surface area contributed by atoms with Gasteiger partial charge in [-0.05, 0) is 78.8 Å². The standard InChI is InChI=1S/C16H35N3/c1-5-11-17-15(6-2)8-7-12-19-13-9-16(10-14-19)18(3)4/h15-17H,5-14H2,1-4H3. The maximum atomic E-state index is 3.65. The van der Waals surface area contributed by atoms with Crippen molar-refractivity contribution >= 4 is 0 Å². The Bertz CT molecular complexity index is 210. The van der Waals surface area contributed by atoms with E-state index in [4.69, 9.17) is 0 Å². The maximum absolute atomic E-state index is 3.65. The van der Waals surface area contributed by atoms with Crippen molar-refractivity contribution in [3.05, 3.63) is 0 Å². The predicted molar refractivity (Wildman–Crippen MR) is 84.8 cm³/mol. The van der Waals surface area contributed by atoms with Gasteiger partial charge in [0.05, 0.1) is 0 Å². The molecule has 0 saturated carbocycles. The van der Waals surface area contributed by atoms with Crippen molar-refractivity contribution in [2.75, 3.05) is 40.3 Å². The molecule has 0 radical (unpaired) electrons. The fourth-order valence-corrected chi connectivity index (χ4v) is 3.02. The van der Waals surface area contributed by atoms with Crippen molar-refractivity contribution in [2.24, 2.45) is 0 Å². The smallest absolute Gasteiger partial charge is 0.0113 e. The molecule has 3 nitrogen and oxygen atoms in total. The first-order chi connectivity index (χ1) is 9.17. The SMILES string of the molecule is CCCNC(CC)CCCN1CCC(N(C)C)CC1. The van der Waals surface area contributed by atoms with Gasteiger partial charge in [0.25, 0.3) is 0 Å². The van der Waals surface area contributed by atoms with Crippen molar-refractivity contribution in [3.63, 3.8) is 0 Å². The van der Waals surface area contributed by atoms with Gasteiger partial charge in [-0.25, -0.2) is 0 Å². The van der Waals surface area contributed by atoms with Crippen molar-refractivity contribution in [1.29, 1.82) is 0 Å². The van der Waals surface area contributed by atoms with Gasteiger partial charge in [0.2, 0.25) is 0 Å². The number of hydrogen-bond acceptors (Lipinski definition) is 3. The molecule has 114 valence electrons. The molecule has 0 aliphatic carbocycles. The van der Waals surface area contributed by atoms with Crippen LogP contribution in [-0.4, -0.2) is 62.2 Å². The van der Waals surface area contributed by atoms with E-state index in [2.05, 4.69) is 43.1 Å². The van der Waals surface area contributed by atoms with Crippen LogP contribution in [0.2, 0.25) is 0 Å². The molecule has 0 amide bonds. The van der Waals surface area contributed by atoms with Crippen molar-refractivity contribution < 1.29 is 0 Å². The molecule has 1 fully saturated rings. The number of nitrogens with zero attached hydrogens (tertiary/aromatic N) is 2. The van der Waals surface area contributed by atoms with Gasteiger partial charge >= 0.3 is 0 Å².